The Morgan fingerprint density at radius 1 is 1.10 bits per heavy atom. The molecule has 0 aliphatic carbocycles. The molecule has 0 spiro atoms. The van der Waals surface area contributed by atoms with Crippen LogP contribution in [0.4, 0.5) is 20.3 Å². The summed E-state index contributed by atoms with van der Waals surface area (Å²) in [6, 6.07) is 8.63. The first-order valence-electron chi connectivity index (χ1n) is 17.7. The molecule has 2 aromatic carbocycles. The van der Waals surface area contributed by atoms with Crippen LogP contribution in [0, 0.1) is 11.7 Å². The van der Waals surface area contributed by atoms with Crippen molar-refractivity contribution in [2.45, 2.75) is 76.5 Å². The molecule has 1 N–H and O–H groups in total. The molecule has 2 aromatic heterocycles. The van der Waals surface area contributed by atoms with Crippen molar-refractivity contribution < 1.29 is 23.4 Å². The fourth-order valence-corrected chi connectivity index (χ4v) is 8.78. The largest absolute Gasteiger partial charge is 0.508 e. The van der Waals surface area contributed by atoms with E-state index in [4.69, 9.17) is 14.7 Å². The van der Waals surface area contributed by atoms with Crippen LogP contribution >= 0.6 is 0 Å². The summed E-state index contributed by atoms with van der Waals surface area (Å²) >= 11 is 0. The summed E-state index contributed by atoms with van der Waals surface area (Å²) < 4.78 is 37.5. The molecule has 10 nitrogen and oxygen atoms in total. The van der Waals surface area contributed by atoms with E-state index >= 15 is 4.39 Å². The van der Waals surface area contributed by atoms with E-state index < -0.39 is 6.17 Å². The van der Waals surface area contributed by atoms with Crippen LogP contribution in [0.3, 0.4) is 0 Å². The van der Waals surface area contributed by atoms with Crippen molar-refractivity contribution in [2.75, 3.05) is 49.1 Å². The Morgan fingerprint density at radius 2 is 2.00 bits per heavy atom. The Balaban J connectivity index is 1.13. The van der Waals surface area contributed by atoms with E-state index in [9.17, 15) is 14.3 Å². The predicted molar refractivity (Wildman–Crippen MR) is 183 cm³/mol. The fraction of sp³-hybridized carbons (Fsp3) is 0.514. The number of aromatic nitrogens is 4. The van der Waals surface area contributed by atoms with E-state index in [0.717, 1.165) is 72.3 Å². The number of carbonyl (C=O) groups excluding carboxylic acids is 1. The predicted octanol–water partition coefficient (Wildman–Crippen LogP) is 5.70. The van der Waals surface area contributed by atoms with Crippen molar-refractivity contribution >= 4 is 28.2 Å². The number of aromatic hydroxyl groups is 1. The van der Waals surface area contributed by atoms with Gasteiger partial charge in [0, 0.05) is 73.6 Å². The Bertz CT molecular complexity index is 1870. The summed E-state index contributed by atoms with van der Waals surface area (Å²) in [5.41, 5.74) is 2.92. The maximum atomic E-state index is 15.1. The Hall–Kier alpha value is -4.32. The third-order valence-corrected chi connectivity index (χ3v) is 11.2. The lowest BCUT2D eigenvalue weighted by Gasteiger charge is -2.35. The zero-order chi connectivity index (χ0) is 33.7. The standard InChI is InChI=1S/C37H43F2N7O3/c1-2-28-30(39)8-7-25-18-27(47)19-32(33(25)28)44-17-10-29-31(22-44)41-36(49-23-37-11-4-14-45(37)21-26(38)20-37)42-34(29)43-13-3-6-24(9-16-43)35(48)46-15-5-12-40-46/h5,7-8,12,15,18-19,24,26,47H,2-4,6,9-11,13-14,16-17,20-23H2,1H3/t24?,26-,37+/m1/s1. The van der Waals surface area contributed by atoms with Gasteiger partial charge in [-0.15, -0.1) is 0 Å². The summed E-state index contributed by atoms with van der Waals surface area (Å²) in [4.78, 5) is 29.8. The number of anilines is 2. The minimum Gasteiger partial charge on any atom is -0.508 e. The van der Waals surface area contributed by atoms with Crippen LogP contribution in [0.25, 0.3) is 10.8 Å². The highest BCUT2D eigenvalue weighted by molar-refractivity contribution is 5.98. The number of alkyl halides is 1. The van der Waals surface area contributed by atoms with E-state index in [1.165, 1.54) is 10.7 Å². The topological polar surface area (TPSA) is 99.9 Å². The average Bonchev–Trinajstić information content (AvgIpc) is 3.79. The van der Waals surface area contributed by atoms with Crippen LogP contribution in [0.1, 0.15) is 67.1 Å². The van der Waals surface area contributed by atoms with Gasteiger partial charge in [-0.3, -0.25) is 9.69 Å². The van der Waals surface area contributed by atoms with Crippen LogP contribution in [0.2, 0.25) is 0 Å². The van der Waals surface area contributed by atoms with Crippen molar-refractivity contribution in [3.8, 4) is 11.8 Å². The molecule has 0 bridgehead atoms. The molecule has 8 rings (SSSR count). The number of hydrogen-bond acceptors (Lipinski definition) is 9. The smallest absolute Gasteiger partial charge is 0.318 e. The number of hydrogen-bond donors (Lipinski definition) is 1. The molecule has 3 saturated heterocycles. The van der Waals surface area contributed by atoms with Crippen LogP contribution in [0.15, 0.2) is 42.7 Å². The number of phenolic OH excluding ortho intramolecular Hbond substituents is 1. The van der Waals surface area contributed by atoms with Crippen LogP contribution < -0.4 is 14.5 Å². The molecule has 258 valence electrons. The number of halogens is 2. The SMILES string of the molecule is CCc1c(F)ccc2cc(O)cc(N3CCc4c(nc(OC[C@@]56CCCN5C[C@H](F)C6)nc4N4CCCC(C(=O)n5cccn5)CC4)C3)c12. The van der Waals surface area contributed by atoms with E-state index in [1.807, 2.05) is 6.92 Å². The third-order valence-electron chi connectivity index (χ3n) is 11.2. The number of benzene rings is 2. The lowest BCUT2D eigenvalue weighted by molar-refractivity contribution is 0.0806. The third kappa shape index (κ3) is 5.87. The van der Waals surface area contributed by atoms with Gasteiger partial charge in [0.05, 0.1) is 17.8 Å². The molecule has 1 unspecified atom stereocenters. The van der Waals surface area contributed by atoms with Crippen LogP contribution in [0.5, 0.6) is 11.8 Å². The molecule has 4 aliphatic heterocycles. The Kier molecular flexibility index (Phi) is 8.37. The van der Waals surface area contributed by atoms with Crippen LogP contribution in [-0.4, -0.2) is 86.7 Å². The van der Waals surface area contributed by atoms with Crippen molar-refractivity contribution in [3.05, 3.63) is 65.4 Å². The number of rotatable bonds is 7. The van der Waals surface area contributed by atoms with Crippen molar-refractivity contribution in [2.24, 2.45) is 5.92 Å². The second-order valence-corrected chi connectivity index (χ2v) is 14.1. The summed E-state index contributed by atoms with van der Waals surface area (Å²) in [5.74, 6) is 0.572. The zero-order valence-electron chi connectivity index (χ0n) is 28.0. The van der Waals surface area contributed by atoms with Gasteiger partial charge in [-0.25, -0.2) is 13.5 Å². The highest BCUT2D eigenvalue weighted by Crippen LogP contribution is 2.42. The number of fused-ring (bicyclic) bond motifs is 3. The normalized spacial score (nSPS) is 24.2. The highest BCUT2D eigenvalue weighted by Gasteiger charge is 2.49. The second kappa shape index (κ2) is 12.9. The molecule has 3 atom stereocenters. The quantitative estimate of drug-likeness (QED) is 0.265. The van der Waals surface area contributed by atoms with Gasteiger partial charge in [0.15, 0.2) is 0 Å². The first kappa shape index (κ1) is 31.9. The Morgan fingerprint density at radius 3 is 2.84 bits per heavy atom. The number of phenols is 1. The molecule has 0 radical (unpaired) electrons. The molecule has 6 heterocycles. The lowest BCUT2D eigenvalue weighted by atomic mass is 9.95. The summed E-state index contributed by atoms with van der Waals surface area (Å²) in [5, 5.41) is 16.5. The number of ether oxygens (including phenoxy) is 1. The summed E-state index contributed by atoms with van der Waals surface area (Å²) in [6.07, 6.45) is 8.27. The van der Waals surface area contributed by atoms with Gasteiger partial charge in [0.1, 0.15) is 30.2 Å². The fourth-order valence-electron chi connectivity index (χ4n) is 8.78. The van der Waals surface area contributed by atoms with Gasteiger partial charge in [-0.2, -0.15) is 15.1 Å². The first-order chi connectivity index (χ1) is 23.8. The maximum Gasteiger partial charge on any atom is 0.318 e. The number of carbonyl (C=O) groups is 1. The average molecular weight is 672 g/mol. The van der Waals surface area contributed by atoms with Crippen molar-refractivity contribution in [1.29, 1.82) is 0 Å². The molecule has 4 aliphatic rings. The Labute approximate surface area is 284 Å². The minimum absolute atomic E-state index is 0.0144. The van der Waals surface area contributed by atoms with E-state index in [-0.39, 0.29) is 34.9 Å². The molecular weight excluding hydrogens is 628 g/mol. The monoisotopic (exact) mass is 671 g/mol. The molecule has 49 heavy (non-hydrogen) atoms. The van der Waals surface area contributed by atoms with Crippen LogP contribution in [-0.2, 0) is 19.4 Å². The van der Waals surface area contributed by atoms with Gasteiger partial charge in [0.25, 0.3) is 0 Å². The minimum atomic E-state index is -0.859. The molecule has 3 fully saturated rings. The van der Waals surface area contributed by atoms with Gasteiger partial charge in [-0.05, 0) is 80.6 Å². The van der Waals surface area contributed by atoms with Gasteiger partial charge in [-0.1, -0.05) is 13.0 Å². The first-order valence-corrected chi connectivity index (χ1v) is 17.7. The van der Waals surface area contributed by atoms with Gasteiger partial charge >= 0.3 is 6.01 Å². The number of nitrogens with zero attached hydrogens (tertiary/aromatic N) is 7. The molecule has 4 aromatic rings. The number of aryl methyl sites for hydroxylation is 1. The molecule has 0 saturated carbocycles. The van der Waals surface area contributed by atoms with E-state index in [2.05, 4.69) is 19.8 Å². The zero-order valence-corrected chi connectivity index (χ0v) is 28.0. The summed E-state index contributed by atoms with van der Waals surface area (Å²) in [7, 11) is 0. The second-order valence-electron chi connectivity index (χ2n) is 14.1. The van der Waals surface area contributed by atoms with Crippen molar-refractivity contribution in [1.82, 2.24) is 24.6 Å². The molecule has 0 amide bonds. The van der Waals surface area contributed by atoms with E-state index in [0.29, 0.717) is 64.0 Å². The summed E-state index contributed by atoms with van der Waals surface area (Å²) in [6.45, 7) is 6.04. The highest BCUT2D eigenvalue weighted by atomic mass is 19.1. The molecule has 12 heteroatoms. The van der Waals surface area contributed by atoms with Crippen molar-refractivity contribution in [3.63, 3.8) is 0 Å². The van der Waals surface area contributed by atoms with Gasteiger partial charge < -0.3 is 19.6 Å². The van der Waals surface area contributed by atoms with E-state index in [1.54, 1.807) is 36.7 Å². The lowest BCUT2D eigenvalue weighted by Crippen LogP contribution is -2.43. The van der Waals surface area contributed by atoms with Gasteiger partial charge in [0.2, 0.25) is 5.91 Å². The molecular formula is C37H43F2N7O3. The maximum absolute atomic E-state index is 15.1.